The second-order valence-electron chi connectivity index (χ2n) is 8.09. The fourth-order valence-electron chi connectivity index (χ4n) is 2.75. The molecular formula is C22H29NO5S. The molecule has 7 heteroatoms. The molecule has 2 aromatic carbocycles. The van der Waals surface area contributed by atoms with E-state index in [0.29, 0.717) is 13.0 Å². The van der Waals surface area contributed by atoms with Gasteiger partial charge in [-0.15, -0.1) is 0 Å². The quantitative estimate of drug-likeness (QED) is 0.519. The van der Waals surface area contributed by atoms with Crippen molar-refractivity contribution >= 4 is 16.1 Å². The third-order valence-electron chi connectivity index (χ3n) is 4.17. The number of benzene rings is 2. The van der Waals surface area contributed by atoms with Gasteiger partial charge in [-0.1, -0.05) is 29.8 Å². The lowest BCUT2D eigenvalue weighted by molar-refractivity contribution is -0.155. The molecule has 1 atom stereocenters. The lowest BCUT2D eigenvalue weighted by Crippen LogP contribution is -2.28. The van der Waals surface area contributed by atoms with Crippen LogP contribution in [-0.4, -0.2) is 26.5 Å². The molecule has 0 spiro atoms. The zero-order chi connectivity index (χ0) is 21.7. The highest BCUT2D eigenvalue weighted by molar-refractivity contribution is 7.87. The van der Waals surface area contributed by atoms with Crippen molar-refractivity contribution in [3.05, 3.63) is 59.7 Å². The summed E-state index contributed by atoms with van der Waals surface area (Å²) < 4.78 is 35.3. The van der Waals surface area contributed by atoms with Crippen LogP contribution in [0.5, 0.6) is 5.75 Å². The van der Waals surface area contributed by atoms with Crippen molar-refractivity contribution in [3.63, 3.8) is 0 Å². The minimum atomic E-state index is -3.89. The van der Waals surface area contributed by atoms with Crippen LogP contribution < -0.4 is 9.92 Å². The van der Waals surface area contributed by atoms with Crippen molar-refractivity contribution in [1.29, 1.82) is 0 Å². The van der Waals surface area contributed by atoms with Gasteiger partial charge >= 0.3 is 16.1 Å². The van der Waals surface area contributed by atoms with E-state index in [2.05, 4.69) is 0 Å². The smallest absolute Gasteiger partial charge is 0.339 e. The topological polar surface area (TPSA) is 95.7 Å². The van der Waals surface area contributed by atoms with Gasteiger partial charge in [0.1, 0.15) is 16.2 Å². The highest BCUT2D eigenvalue weighted by Crippen LogP contribution is 2.21. The van der Waals surface area contributed by atoms with Gasteiger partial charge in [-0.3, -0.25) is 4.79 Å². The zero-order valence-electron chi connectivity index (χ0n) is 17.3. The van der Waals surface area contributed by atoms with Crippen molar-refractivity contribution < 1.29 is 22.1 Å². The van der Waals surface area contributed by atoms with Gasteiger partial charge in [-0.05, 0) is 76.4 Å². The Bertz CT molecular complexity index is 913. The molecular weight excluding hydrogens is 390 g/mol. The van der Waals surface area contributed by atoms with Crippen LogP contribution in [0.1, 0.15) is 38.3 Å². The molecule has 0 aromatic heterocycles. The molecule has 0 bridgehead atoms. The summed E-state index contributed by atoms with van der Waals surface area (Å²) in [6.45, 7) is 7.70. The number of aryl methyl sites for hydroxylation is 1. The number of carbonyl (C=O) groups is 1. The highest BCUT2D eigenvalue weighted by atomic mass is 32.2. The molecule has 158 valence electrons. The fourth-order valence-corrected chi connectivity index (χ4v) is 3.68. The van der Waals surface area contributed by atoms with Crippen molar-refractivity contribution in [2.24, 2.45) is 11.7 Å². The number of ether oxygens (including phenoxy) is 1. The third-order valence-corrected chi connectivity index (χ3v) is 5.43. The van der Waals surface area contributed by atoms with Crippen LogP contribution in [0.25, 0.3) is 0 Å². The maximum absolute atomic E-state index is 12.4. The number of esters is 1. The summed E-state index contributed by atoms with van der Waals surface area (Å²) in [5, 5.41) is 0. The molecule has 6 nitrogen and oxygen atoms in total. The average Bonchev–Trinajstić information content (AvgIpc) is 2.61. The molecule has 0 aliphatic heterocycles. The first-order chi connectivity index (χ1) is 13.5. The number of carbonyl (C=O) groups excluding carboxylic acids is 1. The lowest BCUT2D eigenvalue weighted by atomic mass is 9.96. The minimum absolute atomic E-state index is 0.0621. The minimum Gasteiger partial charge on any atom is -0.460 e. The van der Waals surface area contributed by atoms with E-state index in [0.717, 1.165) is 11.1 Å². The molecule has 2 aromatic rings. The van der Waals surface area contributed by atoms with E-state index in [-0.39, 0.29) is 29.0 Å². The Labute approximate surface area is 173 Å². The summed E-state index contributed by atoms with van der Waals surface area (Å²) in [5.74, 6) is -0.115. The monoisotopic (exact) mass is 419 g/mol. The fraction of sp³-hybridized carbons (Fsp3) is 0.409. The van der Waals surface area contributed by atoms with Crippen molar-refractivity contribution in [3.8, 4) is 5.75 Å². The van der Waals surface area contributed by atoms with Crippen LogP contribution >= 0.6 is 0 Å². The van der Waals surface area contributed by atoms with E-state index in [4.69, 9.17) is 14.7 Å². The standard InChI is InChI=1S/C22H29NO5S/c1-16-5-11-20(12-6-16)29(25,26)28-19-9-7-17(8-10-19)13-18(15-23)14-21(24)27-22(2,3)4/h5-12,18H,13-15,23H2,1-4H3. The van der Waals surface area contributed by atoms with Gasteiger partial charge in [0, 0.05) is 6.42 Å². The van der Waals surface area contributed by atoms with Crippen LogP contribution in [-0.2, 0) is 26.1 Å². The first kappa shape index (κ1) is 22.9. The summed E-state index contributed by atoms with van der Waals surface area (Å²) in [5.41, 5.74) is 7.18. The summed E-state index contributed by atoms with van der Waals surface area (Å²) >= 11 is 0. The van der Waals surface area contributed by atoms with Crippen LogP contribution in [0.3, 0.4) is 0 Å². The molecule has 2 N–H and O–H groups in total. The SMILES string of the molecule is Cc1ccc(S(=O)(=O)Oc2ccc(CC(CN)CC(=O)OC(C)(C)C)cc2)cc1. The third kappa shape index (κ3) is 7.51. The highest BCUT2D eigenvalue weighted by Gasteiger charge is 2.20. The van der Waals surface area contributed by atoms with E-state index in [1.807, 2.05) is 27.7 Å². The van der Waals surface area contributed by atoms with Gasteiger partial charge in [-0.2, -0.15) is 8.42 Å². The Balaban J connectivity index is 2.00. The van der Waals surface area contributed by atoms with E-state index < -0.39 is 15.7 Å². The molecule has 29 heavy (non-hydrogen) atoms. The molecule has 0 fully saturated rings. The number of hydrogen-bond acceptors (Lipinski definition) is 6. The normalized spacial score (nSPS) is 13.0. The molecule has 0 radical (unpaired) electrons. The van der Waals surface area contributed by atoms with Crippen LogP contribution in [0, 0.1) is 12.8 Å². The molecule has 0 aliphatic carbocycles. The average molecular weight is 420 g/mol. The summed E-state index contributed by atoms with van der Waals surface area (Å²) in [6.07, 6.45) is 0.814. The van der Waals surface area contributed by atoms with Crippen molar-refractivity contribution in [2.45, 2.75) is 51.0 Å². The Morgan fingerprint density at radius 1 is 1.03 bits per heavy atom. The predicted octanol–water partition coefficient (Wildman–Crippen LogP) is 3.61. The Morgan fingerprint density at radius 3 is 2.14 bits per heavy atom. The van der Waals surface area contributed by atoms with Gasteiger partial charge in [0.2, 0.25) is 0 Å². The number of hydrogen-bond donors (Lipinski definition) is 1. The van der Waals surface area contributed by atoms with E-state index in [9.17, 15) is 13.2 Å². The summed E-state index contributed by atoms with van der Waals surface area (Å²) in [6, 6.07) is 13.2. The maximum atomic E-state index is 12.4. The summed E-state index contributed by atoms with van der Waals surface area (Å²) in [7, 11) is -3.89. The van der Waals surface area contributed by atoms with Crippen LogP contribution in [0.4, 0.5) is 0 Å². The van der Waals surface area contributed by atoms with E-state index in [1.165, 1.54) is 12.1 Å². The zero-order valence-corrected chi connectivity index (χ0v) is 18.2. The summed E-state index contributed by atoms with van der Waals surface area (Å²) in [4.78, 5) is 12.1. The Morgan fingerprint density at radius 2 is 1.62 bits per heavy atom. The number of nitrogens with two attached hydrogens (primary N) is 1. The van der Waals surface area contributed by atoms with Gasteiger partial charge in [0.05, 0.1) is 0 Å². The second-order valence-corrected chi connectivity index (χ2v) is 9.64. The maximum Gasteiger partial charge on any atom is 0.339 e. The molecule has 0 saturated heterocycles. The molecule has 0 saturated carbocycles. The molecule has 0 heterocycles. The largest absolute Gasteiger partial charge is 0.460 e. The van der Waals surface area contributed by atoms with E-state index >= 15 is 0 Å². The Kier molecular flexibility index (Phi) is 7.43. The molecule has 1 unspecified atom stereocenters. The van der Waals surface area contributed by atoms with Gasteiger partial charge < -0.3 is 14.7 Å². The van der Waals surface area contributed by atoms with Crippen molar-refractivity contribution in [2.75, 3.05) is 6.54 Å². The lowest BCUT2D eigenvalue weighted by Gasteiger charge is -2.21. The predicted molar refractivity (Wildman–Crippen MR) is 112 cm³/mol. The first-order valence-electron chi connectivity index (χ1n) is 9.50. The molecule has 2 rings (SSSR count). The van der Waals surface area contributed by atoms with Crippen molar-refractivity contribution in [1.82, 2.24) is 0 Å². The van der Waals surface area contributed by atoms with Gasteiger partial charge in [0.25, 0.3) is 0 Å². The van der Waals surface area contributed by atoms with Gasteiger partial charge in [-0.25, -0.2) is 0 Å². The number of rotatable bonds is 8. The van der Waals surface area contributed by atoms with Crippen LogP contribution in [0.15, 0.2) is 53.4 Å². The Hall–Kier alpha value is -2.38. The molecule has 0 amide bonds. The second kappa shape index (κ2) is 9.41. The van der Waals surface area contributed by atoms with Crippen LogP contribution in [0.2, 0.25) is 0 Å². The first-order valence-corrected chi connectivity index (χ1v) is 10.9. The van der Waals surface area contributed by atoms with Gasteiger partial charge in [0.15, 0.2) is 0 Å². The van der Waals surface area contributed by atoms with E-state index in [1.54, 1.807) is 36.4 Å². The molecule has 0 aliphatic rings.